The Morgan fingerprint density at radius 3 is 2.42 bits per heavy atom. The maximum Gasteiger partial charge on any atom is 0.0716 e. The van der Waals surface area contributed by atoms with Crippen molar-refractivity contribution < 1.29 is 4.74 Å². The topological polar surface area (TPSA) is 21.3 Å². The van der Waals surface area contributed by atoms with E-state index in [4.69, 9.17) is 4.74 Å². The highest BCUT2D eigenvalue weighted by Crippen LogP contribution is 2.06. The van der Waals surface area contributed by atoms with Crippen molar-refractivity contribution in [2.45, 2.75) is 46.6 Å². The van der Waals surface area contributed by atoms with Crippen molar-refractivity contribution in [2.24, 2.45) is 5.92 Å². The van der Waals surface area contributed by atoms with Gasteiger partial charge < -0.3 is 10.1 Å². The lowest BCUT2D eigenvalue weighted by atomic mass is 10.1. The van der Waals surface area contributed by atoms with Crippen LogP contribution in [0, 0.1) is 5.92 Å². The van der Waals surface area contributed by atoms with E-state index < -0.39 is 0 Å². The average molecular weight is 263 g/mol. The third kappa shape index (κ3) is 8.02. The van der Waals surface area contributed by atoms with Crippen molar-refractivity contribution >= 4 is 0 Å². The van der Waals surface area contributed by atoms with E-state index in [1.807, 2.05) is 0 Å². The molecule has 0 aliphatic carbocycles. The lowest BCUT2D eigenvalue weighted by Crippen LogP contribution is -2.22. The second-order valence-electron chi connectivity index (χ2n) is 5.57. The van der Waals surface area contributed by atoms with Crippen LogP contribution >= 0.6 is 0 Å². The van der Waals surface area contributed by atoms with Gasteiger partial charge in [-0.2, -0.15) is 0 Å². The molecule has 1 rings (SSSR count). The summed E-state index contributed by atoms with van der Waals surface area (Å²) < 4.78 is 5.61. The minimum Gasteiger partial charge on any atom is -0.377 e. The minimum absolute atomic E-state index is 0.725. The number of benzene rings is 1. The highest BCUT2D eigenvalue weighted by atomic mass is 16.5. The second kappa shape index (κ2) is 9.99. The number of hydrogen-bond acceptors (Lipinski definition) is 2. The number of rotatable bonds is 10. The van der Waals surface area contributed by atoms with Gasteiger partial charge >= 0.3 is 0 Å². The van der Waals surface area contributed by atoms with Crippen LogP contribution in [0.25, 0.3) is 0 Å². The summed E-state index contributed by atoms with van der Waals surface area (Å²) in [6.07, 6.45) is 3.45. The zero-order valence-electron chi connectivity index (χ0n) is 12.7. The predicted molar refractivity (Wildman–Crippen MR) is 82.4 cm³/mol. The van der Waals surface area contributed by atoms with E-state index >= 15 is 0 Å². The van der Waals surface area contributed by atoms with E-state index in [9.17, 15) is 0 Å². The van der Waals surface area contributed by atoms with E-state index in [-0.39, 0.29) is 0 Å². The molecular formula is C17H29NO. The van der Waals surface area contributed by atoms with Crippen LogP contribution in [-0.4, -0.2) is 19.7 Å². The van der Waals surface area contributed by atoms with Crippen LogP contribution in [0.4, 0.5) is 0 Å². The fraction of sp³-hybridized carbons (Fsp3) is 0.647. The van der Waals surface area contributed by atoms with E-state index in [0.29, 0.717) is 0 Å². The van der Waals surface area contributed by atoms with Gasteiger partial charge in [-0.15, -0.1) is 0 Å². The second-order valence-corrected chi connectivity index (χ2v) is 5.57. The molecule has 0 bridgehead atoms. The summed E-state index contributed by atoms with van der Waals surface area (Å²) in [5.74, 6) is 0.725. The van der Waals surface area contributed by atoms with Gasteiger partial charge in [-0.25, -0.2) is 0 Å². The Morgan fingerprint density at radius 2 is 1.79 bits per heavy atom. The van der Waals surface area contributed by atoms with Gasteiger partial charge in [0.2, 0.25) is 0 Å². The van der Waals surface area contributed by atoms with E-state index in [1.165, 1.54) is 17.5 Å². The molecular weight excluding hydrogens is 234 g/mol. The standard InChI is InChI=1S/C17H29NO/c1-4-5-12-19-14-17-8-6-16(7-9-17)10-11-18-13-15(2)3/h6-9,15,18H,4-5,10-14H2,1-3H3. The highest BCUT2D eigenvalue weighted by Gasteiger charge is 1.97. The van der Waals surface area contributed by atoms with Gasteiger partial charge in [0.1, 0.15) is 0 Å². The summed E-state index contributed by atoms with van der Waals surface area (Å²) >= 11 is 0. The molecule has 2 heteroatoms. The summed E-state index contributed by atoms with van der Waals surface area (Å²) in [6.45, 7) is 10.4. The molecule has 0 saturated carbocycles. The molecule has 0 fully saturated rings. The maximum absolute atomic E-state index is 5.61. The molecule has 1 aromatic carbocycles. The van der Waals surface area contributed by atoms with Gasteiger partial charge in [0.15, 0.2) is 0 Å². The molecule has 19 heavy (non-hydrogen) atoms. The normalized spacial score (nSPS) is 11.2. The molecule has 0 saturated heterocycles. The summed E-state index contributed by atoms with van der Waals surface area (Å²) in [4.78, 5) is 0. The van der Waals surface area contributed by atoms with Crippen molar-refractivity contribution in [3.63, 3.8) is 0 Å². The van der Waals surface area contributed by atoms with Crippen LogP contribution in [0.1, 0.15) is 44.7 Å². The SMILES string of the molecule is CCCCOCc1ccc(CCNCC(C)C)cc1. The average Bonchev–Trinajstić information content (AvgIpc) is 2.41. The molecule has 0 aromatic heterocycles. The molecule has 0 radical (unpaired) electrons. The van der Waals surface area contributed by atoms with Crippen LogP contribution in [-0.2, 0) is 17.8 Å². The molecule has 1 aromatic rings. The van der Waals surface area contributed by atoms with Gasteiger partial charge in [0.25, 0.3) is 0 Å². The third-order valence-electron chi connectivity index (χ3n) is 3.08. The summed E-state index contributed by atoms with van der Waals surface area (Å²) in [5, 5.41) is 3.47. The number of unbranched alkanes of at least 4 members (excludes halogenated alkanes) is 1. The Kier molecular flexibility index (Phi) is 8.52. The molecule has 0 spiro atoms. The molecule has 0 aliphatic rings. The van der Waals surface area contributed by atoms with Crippen LogP contribution < -0.4 is 5.32 Å². The molecule has 0 unspecified atom stereocenters. The Morgan fingerprint density at radius 1 is 1.11 bits per heavy atom. The first-order chi connectivity index (χ1) is 9.22. The zero-order chi connectivity index (χ0) is 13.9. The molecule has 0 amide bonds. The van der Waals surface area contributed by atoms with Crippen molar-refractivity contribution in [1.29, 1.82) is 0 Å². The van der Waals surface area contributed by atoms with Gasteiger partial charge in [-0.05, 0) is 43.0 Å². The molecule has 0 atom stereocenters. The minimum atomic E-state index is 0.725. The summed E-state index contributed by atoms with van der Waals surface area (Å²) in [6, 6.07) is 8.80. The van der Waals surface area contributed by atoms with Gasteiger partial charge in [-0.1, -0.05) is 51.5 Å². The largest absolute Gasteiger partial charge is 0.377 e. The first kappa shape index (κ1) is 16.2. The summed E-state index contributed by atoms with van der Waals surface area (Å²) in [5.41, 5.74) is 2.67. The Hall–Kier alpha value is -0.860. The van der Waals surface area contributed by atoms with Gasteiger partial charge in [-0.3, -0.25) is 0 Å². The number of nitrogens with one attached hydrogen (secondary N) is 1. The monoisotopic (exact) mass is 263 g/mol. The van der Waals surface area contributed by atoms with Crippen molar-refractivity contribution in [3.8, 4) is 0 Å². The number of ether oxygens (including phenoxy) is 1. The molecule has 108 valence electrons. The van der Waals surface area contributed by atoms with Crippen LogP contribution in [0.2, 0.25) is 0 Å². The molecule has 2 nitrogen and oxygen atoms in total. The first-order valence-electron chi connectivity index (χ1n) is 7.58. The van der Waals surface area contributed by atoms with E-state index in [1.54, 1.807) is 0 Å². The summed E-state index contributed by atoms with van der Waals surface area (Å²) in [7, 11) is 0. The fourth-order valence-electron chi connectivity index (χ4n) is 1.86. The van der Waals surface area contributed by atoms with Crippen molar-refractivity contribution in [1.82, 2.24) is 5.32 Å². The first-order valence-corrected chi connectivity index (χ1v) is 7.58. The Bertz CT molecular complexity index is 319. The smallest absolute Gasteiger partial charge is 0.0716 e. The third-order valence-corrected chi connectivity index (χ3v) is 3.08. The van der Waals surface area contributed by atoms with Crippen molar-refractivity contribution in [3.05, 3.63) is 35.4 Å². The van der Waals surface area contributed by atoms with E-state index in [2.05, 4.69) is 50.4 Å². The lowest BCUT2D eigenvalue weighted by Gasteiger charge is -2.08. The molecule has 1 N–H and O–H groups in total. The van der Waals surface area contributed by atoms with Gasteiger partial charge in [0.05, 0.1) is 6.61 Å². The zero-order valence-corrected chi connectivity index (χ0v) is 12.7. The van der Waals surface area contributed by atoms with Gasteiger partial charge in [0, 0.05) is 6.61 Å². The molecule has 0 heterocycles. The Balaban J connectivity index is 2.19. The maximum atomic E-state index is 5.61. The van der Waals surface area contributed by atoms with Crippen LogP contribution in [0.5, 0.6) is 0 Å². The quantitative estimate of drug-likeness (QED) is 0.648. The lowest BCUT2D eigenvalue weighted by molar-refractivity contribution is 0.118. The van der Waals surface area contributed by atoms with Crippen LogP contribution in [0.15, 0.2) is 24.3 Å². The highest BCUT2D eigenvalue weighted by molar-refractivity contribution is 5.22. The van der Waals surface area contributed by atoms with Crippen LogP contribution in [0.3, 0.4) is 0 Å². The van der Waals surface area contributed by atoms with E-state index in [0.717, 1.165) is 45.1 Å². The number of hydrogen-bond donors (Lipinski definition) is 1. The fourth-order valence-corrected chi connectivity index (χ4v) is 1.86. The van der Waals surface area contributed by atoms with Crippen molar-refractivity contribution in [2.75, 3.05) is 19.7 Å². The predicted octanol–water partition coefficient (Wildman–Crippen LogP) is 3.79. The molecule has 0 aliphatic heterocycles. The Labute approximate surface area is 118 Å².